The molecule has 3 N–H and O–H groups in total. The fraction of sp³-hybridized carbons (Fsp3) is 0.632. The summed E-state index contributed by atoms with van der Waals surface area (Å²) in [5.41, 5.74) is 0.362. The summed E-state index contributed by atoms with van der Waals surface area (Å²) in [6, 6.07) is 3.51. The molecular formula is C19H31F2IN4O. The Morgan fingerprint density at radius 2 is 2.00 bits per heavy atom. The predicted octanol–water partition coefficient (Wildman–Crippen LogP) is 2.53. The molecule has 0 aromatic heterocycles. The standard InChI is InChI=1S/C19H30F2N4O.HI/c1-2-22-19(23-9-3-11-25-12-7-17(26)8-13-25)24-10-6-15-14-16(20)4-5-18(15)21;/h4-5,14,17,26H,2-3,6-13H2,1H3,(H2,22,23,24);1H. The van der Waals surface area contributed by atoms with Crippen molar-refractivity contribution in [3.05, 3.63) is 35.4 Å². The molecule has 8 heteroatoms. The molecule has 154 valence electrons. The van der Waals surface area contributed by atoms with Gasteiger partial charge in [0.05, 0.1) is 6.10 Å². The highest BCUT2D eigenvalue weighted by atomic mass is 127. The summed E-state index contributed by atoms with van der Waals surface area (Å²) in [6.07, 6.45) is 2.90. The molecule has 27 heavy (non-hydrogen) atoms. The fourth-order valence-electron chi connectivity index (χ4n) is 3.02. The largest absolute Gasteiger partial charge is 0.393 e. The van der Waals surface area contributed by atoms with Gasteiger partial charge in [0.25, 0.3) is 0 Å². The van der Waals surface area contributed by atoms with Crippen molar-refractivity contribution in [3.8, 4) is 0 Å². The van der Waals surface area contributed by atoms with Crippen LogP contribution in [0, 0.1) is 11.6 Å². The third kappa shape index (κ3) is 9.16. The van der Waals surface area contributed by atoms with E-state index in [-0.39, 0.29) is 35.9 Å². The molecule has 5 nitrogen and oxygen atoms in total. The van der Waals surface area contributed by atoms with Crippen molar-refractivity contribution in [2.75, 3.05) is 39.3 Å². The number of aliphatic imine (C=N–C) groups is 1. The molecule has 1 aliphatic rings. The Hall–Kier alpha value is -1.00. The first-order valence-corrected chi connectivity index (χ1v) is 9.45. The Kier molecular flexibility index (Phi) is 11.8. The van der Waals surface area contributed by atoms with Crippen LogP contribution in [-0.4, -0.2) is 61.3 Å². The van der Waals surface area contributed by atoms with Crippen LogP contribution >= 0.6 is 24.0 Å². The summed E-state index contributed by atoms with van der Waals surface area (Å²) >= 11 is 0. The summed E-state index contributed by atoms with van der Waals surface area (Å²) in [5, 5.41) is 15.8. The van der Waals surface area contributed by atoms with E-state index in [0.29, 0.717) is 31.0 Å². The number of piperidine rings is 1. The van der Waals surface area contributed by atoms with Crippen LogP contribution in [0.2, 0.25) is 0 Å². The first-order valence-electron chi connectivity index (χ1n) is 9.45. The lowest BCUT2D eigenvalue weighted by Gasteiger charge is -2.29. The number of aliphatic hydroxyl groups is 1. The lowest BCUT2D eigenvalue weighted by atomic mass is 10.1. The molecule has 0 atom stereocenters. The van der Waals surface area contributed by atoms with E-state index >= 15 is 0 Å². The van der Waals surface area contributed by atoms with Crippen molar-refractivity contribution < 1.29 is 13.9 Å². The van der Waals surface area contributed by atoms with Crippen LogP contribution in [0.15, 0.2) is 23.2 Å². The molecule has 1 fully saturated rings. The van der Waals surface area contributed by atoms with E-state index < -0.39 is 5.82 Å². The molecule has 1 aliphatic heterocycles. The van der Waals surface area contributed by atoms with Crippen LogP contribution in [0.4, 0.5) is 8.78 Å². The molecule has 0 spiro atoms. The van der Waals surface area contributed by atoms with Gasteiger partial charge in [0.1, 0.15) is 11.6 Å². The van der Waals surface area contributed by atoms with Gasteiger partial charge in [0.15, 0.2) is 5.96 Å². The quantitative estimate of drug-likeness (QED) is 0.224. The van der Waals surface area contributed by atoms with E-state index in [1.807, 2.05) is 6.92 Å². The number of hydrogen-bond donors (Lipinski definition) is 3. The molecule has 0 saturated carbocycles. The maximum absolute atomic E-state index is 13.6. The smallest absolute Gasteiger partial charge is 0.191 e. The molecule has 0 radical (unpaired) electrons. The highest BCUT2D eigenvalue weighted by Crippen LogP contribution is 2.10. The van der Waals surface area contributed by atoms with Gasteiger partial charge in [-0.15, -0.1) is 24.0 Å². The molecule has 1 aromatic carbocycles. The third-order valence-corrected chi connectivity index (χ3v) is 4.50. The average Bonchev–Trinajstić information content (AvgIpc) is 2.63. The fourth-order valence-corrected chi connectivity index (χ4v) is 3.02. The number of hydrogen-bond acceptors (Lipinski definition) is 3. The van der Waals surface area contributed by atoms with Crippen molar-refractivity contribution >= 4 is 29.9 Å². The zero-order valence-electron chi connectivity index (χ0n) is 15.9. The summed E-state index contributed by atoms with van der Waals surface area (Å²) in [7, 11) is 0. The van der Waals surface area contributed by atoms with Gasteiger partial charge in [-0.3, -0.25) is 4.99 Å². The SMILES string of the molecule is CCNC(=NCCCN1CCC(O)CC1)NCCc1cc(F)ccc1F.I. The second-order valence-corrected chi connectivity index (χ2v) is 6.60. The Morgan fingerprint density at radius 1 is 1.26 bits per heavy atom. The Labute approximate surface area is 177 Å². The number of nitrogens with zero attached hydrogens (tertiary/aromatic N) is 2. The zero-order chi connectivity index (χ0) is 18.8. The molecule has 0 unspecified atom stereocenters. The van der Waals surface area contributed by atoms with E-state index in [1.165, 1.54) is 6.07 Å². The van der Waals surface area contributed by atoms with Crippen LogP contribution < -0.4 is 10.6 Å². The number of likely N-dealkylation sites (tertiary alicyclic amines) is 1. The number of rotatable bonds is 8. The summed E-state index contributed by atoms with van der Waals surface area (Å²) < 4.78 is 26.8. The van der Waals surface area contributed by atoms with Crippen LogP contribution in [-0.2, 0) is 6.42 Å². The molecule has 2 rings (SSSR count). The molecule has 1 heterocycles. The van der Waals surface area contributed by atoms with Crippen LogP contribution in [0.25, 0.3) is 0 Å². The zero-order valence-corrected chi connectivity index (χ0v) is 18.2. The van der Waals surface area contributed by atoms with Gasteiger partial charge in [-0.2, -0.15) is 0 Å². The maximum Gasteiger partial charge on any atom is 0.191 e. The van der Waals surface area contributed by atoms with Crippen LogP contribution in [0.3, 0.4) is 0 Å². The number of halogens is 3. The number of guanidine groups is 1. The number of nitrogens with one attached hydrogen (secondary N) is 2. The molecule has 0 bridgehead atoms. The highest BCUT2D eigenvalue weighted by Gasteiger charge is 2.15. The summed E-state index contributed by atoms with van der Waals surface area (Å²) in [4.78, 5) is 6.89. The van der Waals surface area contributed by atoms with E-state index in [0.717, 1.165) is 57.6 Å². The van der Waals surface area contributed by atoms with Gasteiger partial charge < -0.3 is 20.6 Å². The lowest BCUT2D eigenvalue weighted by Crippen LogP contribution is -2.39. The van der Waals surface area contributed by atoms with Crippen molar-refractivity contribution in [3.63, 3.8) is 0 Å². The molecule has 0 aliphatic carbocycles. The third-order valence-electron chi connectivity index (χ3n) is 4.50. The topological polar surface area (TPSA) is 59.9 Å². The van der Waals surface area contributed by atoms with E-state index in [2.05, 4.69) is 20.5 Å². The Bertz CT molecular complexity index is 581. The molecule has 0 amide bonds. The van der Waals surface area contributed by atoms with Crippen molar-refractivity contribution in [1.29, 1.82) is 0 Å². The first-order chi connectivity index (χ1) is 12.6. The summed E-state index contributed by atoms with van der Waals surface area (Å²) in [6.45, 7) is 6.78. The highest BCUT2D eigenvalue weighted by molar-refractivity contribution is 14.0. The van der Waals surface area contributed by atoms with E-state index in [9.17, 15) is 13.9 Å². The van der Waals surface area contributed by atoms with Crippen molar-refractivity contribution in [2.24, 2.45) is 4.99 Å². The Balaban J connectivity index is 0.00000364. The minimum atomic E-state index is -0.424. The lowest BCUT2D eigenvalue weighted by molar-refractivity contribution is 0.0824. The number of aliphatic hydroxyl groups excluding tert-OH is 1. The van der Waals surface area contributed by atoms with E-state index in [1.54, 1.807) is 0 Å². The van der Waals surface area contributed by atoms with Gasteiger partial charge >= 0.3 is 0 Å². The predicted molar refractivity (Wildman–Crippen MR) is 116 cm³/mol. The average molecular weight is 496 g/mol. The van der Waals surface area contributed by atoms with Gasteiger partial charge in [-0.05, 0) is 62.9 Å². The minimum Gasteiger partial charge on any atom is -0.393 e. The maximum atomic E-state index is 13.6. The van der Waals surface area contributed by atoms with E-state index in [4.69, 9.17) is 0 Å². The van der Waals surface area contributed by atoms with Crippen LogP contribution in [0.1, 0.15) is 31.7 Å². The van der Waals surface area contributed by atoms with Crippen molar-refractivity contribution in [2.45, 2.75) is 38.7 Å². The normalized spacial score (nSPS) is 16.1. The van der Waals surface area contributed by atoms with Crippen LogP contribution in [0.5, 0.6) is 0 Å². The second-order valence-electron chi connectivity index (χ2n) is 6.60. The Morgan fingerprint density at radius 3 is 2.70 bits per heavy atom. The van der Waals surface area contributed by atoms with Gasteiger partial charge in [-0.25, -0.2) is 8.78 Å². The van der Waals surface area contributed by atoms with Crippen molar-refractivity contribution in [1.82, 2.24) is 15.5 Å². The molecular weight excluding hydrogens is 465 g/mol. The number of benzene rings is 1. The monoisotopic (exact) mass is 496 g/mol. The van der Waals surface area contributed by atoms with Gasteiger partial charge in [0.2, 0.25) is 0 Å². The molecule has 1 aromatic rings. The first kappa shape index (κ1) is 24.0. The minimum absolute atomic E-state index is 0. The second kappa shape index (κ2) is 13.2. The summed E-state index contributed by atoms with van der Waals surface area (Å²) in [5.74, 6) is -0.118. The van der Waals surface area contributed by atoms with Gasteiger partial charge in [-0.1, -0.05) is 0 Å². The molecule has 1 saturated heterocycles. The van der Waals surface area contributed by atoms with Gasteiger partial charge in [0, 0.05) is 32.7 Å².